The third-order valence-electron chi connectivity index (χ3n) is 6.76. The van der Waals surface area contributed by atoms with Crippen LogP contribution in [0.2, 0.25) is 0 Å². The first kappa shape index (κ1) is 22.7. The Morgan fingerprint density at radius 1 is 0.971 bits per heavy atom. The molecule has 1 aliphatic rings. The molecule has 2 N–H and O–H groups in total. The number of hydrogen-bond donors (Lipinski definition) is 2. The van der Waals surface area contributed by atoms with Gasteiger partial charge >= 0.3 is 0 Å². The summed E-state index contributed by atoms with van der Waals surface area (Å²) in [6, 6.07) is 23.0. The molecule has 1 aliphatic heterocycles. The summed E-state index contributed by atoms with van der Waals surface area (Å²) in [7, 11) is 3.35. The summed E-state index contributed by atoms with van der Waals surface area (Å²) >= 11 is 0. The van der Waals surface area contributed by atoms with Crippen molar-refractivity contribution in [2.24, 2.45) is 0 Å². The zero-order chi connectivity index (χ0) is 24.4. The van der Waals surface area contributed by atoms with Crippen LogP contribution >= 0.6 is 0 Å². The first-order chi connectivity index (χ1) is 17.0. The lowest BCUT2D eigenvalue weighted by atomic mass is 9.97. The molecular weight excluding hydrogens is 438 g/mol. The third kappa shape index (κ3) is 4.78. The molecule has 1 aromatic heterocycles. The summed E-state index contributed by atoms with van der Waals surface area (Å²) in [5, 5.41) is 4.10. The number of fused-ring (bicyclic) bond motifs is 5. The largest absolute Gasteiger partial charge is 0.497 e. The Bertz CT molecular complexity index is 1370. The Hall–Kier alpha value is -4.06. The second kappa shape index (κ2) is 9.66. The minimum absolute atomic E-state index is 0.158. The zero-order valence-electron chi connectivity index (χ0n) is 20.0. The van der Waals surface area contributed by atoms with Gasteiger partial charge in [0.15, 0.2) is 0 Å². The van der Waals surface area contributed by atoms with Crippen molar-refractivity contribution in [2.75, 3.05) is 19.1 Å². The van der Waals surface area contributed by atoms with E-state index in [1.54, 1.807) is 19.1 Å². The first-order valence-corrected chi connectivity index (χ1v) is 11.9. The number of likely N-dealkylation sites (N-methyl/N-ethyl adjacent to an activating group) is 1. The number of nitrogens with one attached hydrogen (secondary N) is 2. The van der Waals surface area contributed by atoms with Crippen LogP contribution in [0.25, 0.3) is 10.9 Å². The average Bonchev–Trinajstić information content (AvgIpc) is 3.23. The molecule has 5 rings (SSSR count). The van der Waals surface area contributed by atoms with Crippen molar-refractivity contribution in [1.82, 2.24) is 10.3 Å². The van der Waals surface area contributed by atoms with Crippen molar-refractivity contribution in [2.45, 2.75) is 31.7 Å². The topological polar surface area (TPSA) is 74.4 Å². The number of hydrogen-bond acceptors (Lipinski definition) is 3. The van der Waals surface area contributed by atoms with Crippen LogP contribution in [0.4, 0.5) is 5.69 Å². The number of aromatic amines is 1. The number of methoxy groups -OCH3 is 1. The number of aryl methyl sites for hydroxylation is 2. The number of carbonyl (C=O) groups excluding carboxylic acids is 2. The predicted octanol–water partition coefficient (Wildman–Crippen LogP) is 4.21. The highest BCUT2D eigenvalue weighted by Gasteiger charge is 2.27. The maximum atomic E-state index is 13.6. The van der Waals surface area contributed by atoms with E-state index >= 15 is 0 Å². The van der Waals surface area contributed by atoms with Gasteiger partial charge < -0.3 is 19.9 Å². The Morgan fingerprint density at radius 2 is 1.74 bits per heavy atom. The fraction of sp³-hybridized carbons (Fsp3) is 0.241. The number of carbonyl (C=O) groups is 2. The van der Waals surface area contributed by atoms with Crippen molar-refractivity contribution in [3.8, 4) is 5.75 Å². The molecule has 2 heterocycles. The molecule has 1 atom stereocenters. The molecule has 0 fully saturated rings. The lowest BCUT2D eigenvalue weighted by molar-refractivity contribution is -0.127. The summed E-state index contributed by atoms with van der Waals surface area (Å²) in [4.78, 5) is 32.0. The van der Waals surface area contributed by atoms with Gasteiger partial charge in [0.2, 0.25) is 11.8 Å². The summed E-state index contributed by atoms with van der Waals surface area (Å²) in [6.45, 7) is 0. The highest BCUT2D eigenvalue weighted by molar-refractivity contribution is 5.99. The monoisotopic (exact) mass is 467 g/mol. The molecule has 6 heteroatoms. The summed E-state index contributed by atoms with van der Waals surface area (Å²) < 4.78 is 5.23. The number of benzene rings is 3. The van der Waals surface area contributed by atoms with Crippen molar-refractivity contribution < 1.29 is 14.3 Å². The SMILES string of the molecule is COc1ccc(N(C)C(=O)[C@@H]2Cc3cccc(c3)CCc3[nH]c4ccccc4c3CC(=O)N2)cc1. The van der Waals surface area contributed by atoms with E-state index in [0.29, 0.717) is 6.42 Å². The summed E-state index contributed by atoms with van der Waals surface area (Å²) in [5.41, 5.74) is 6.09. The maximum Gasteiger partial charge on any atom is 0.249 e. The molecule has 6 nitrogen and oxygen atoms in total. The van der Waals surface area contributed by atoms with Gasteiger partial charge in [-0.2, -0.15) is 0 Å². The van der Waals surface area contributed by atoms with E-state index < -0.39 is 6.04 Å². The van der Waals surface area contributed by atoms with Crippen molar-refractivity contribution in [3.63, 3.8) is 0 Å². The van der Waals surface area contributed by atoms with Crippen LogP contribution in [0.15, 0.2) is 72.8 Å². The van der Waals surface area contributed by atoms with Gasteiger partial charge in [-0.15, -0.1) is 0 Å². The molecule has 2 bridgehead atoms. The van der Waals surface area contributed by atoms with Crippen molar-refractivity contribution in [1.29, 1.82) is 0 Å². The Balaban J connectivity index is 1.49. The number of anilines is 1. The molecule has 0 aliphatic carbocycles. The van der Waals surface area contributed by atoms with E-state index in [4.69, 9.17) is 4.74 Å². The zero-order valence-corrected chi connectivity index (χ0v) is 20.0. The van der Waals surface area contributed by atoms with Gasteiger partial charge in [-0.25, -0.2) is 0 Å². The van der Waals surface area contributed by atoms with E-state index in [1.165, 1.54) is 5.56 Å². The van der Waals surface area contributed by atoms with Gasteiger partial charge in [-0.05, 0) is 59.9 Å². The van der Waals surface area contributed by atoms with Gasteiger partial charge in [0.25, 0.3) is 0 Å². The quantitative estimate of drug-likeness (QED) is 0.474. The molecule has 0 saturated heterocycles. The van der Waals surface area contributed by atoms with E-state index in [9.17, 15) is 9.59 Å². The highest BCUT2D eigenvalue weighted by atomic mass is 16.5. The average molecular weight is 468 g/mol. The van der Waals surface area contributed by atoms with Crippen LogP contribution in [0.3, 0.4) is 0 Å². The van der Waals surface area contributed by atoms with Gasteiger partial charge in [0.05, 0.1) is 13.5 Å². The van der Waals surface area contributed by atoms with Crippen LogP contribution < -0.4 is 15.0 Å². The Morgan fingerprint density at radius 3 is 2.54 bits per heavy atom. The predicted molar refractivity (Wildman–Crippen MR) is 138 cm³/mol. The lowest BCUT2D eigenvalue weighted by Gasteiger charge is -2.25. The Kier molecular flexibility index (Phi) is 6.27. The standard InChI is InChI=1S/C29H29N3O3/c1-32(21-11-13-22(35-2)14-12-21)29(34)27-17-20-7-5-6-19(16-20)10-15-26-24(18-28(33)31-27)23-8-3-4-9-25(23)30-26/h3-9,11-14,16,27,30H,10,15,17-18H2,1-2H3,(H,31,33)/t27-/m0/s1. The van der Waals surface area contributed by atoms with Gasteiger partial charge in [-0.3, -0.25) is 9.59 Å². The van der Waals surface area contributed by atoms with Crippen LogP contribution in [-0.2, 0) is 35.3 Å². The normalized spacial score (nSPS) is 15.9. The molecule has 35 heavy (non-hydrogen) atoms. The molecule has 3 aromatic carbocycles. The highest BCUT2D eigenvalue weighted by Crippen LogP contribution is 2.25. The summed E-state index contributed by atoms with van der Waals surface area (Å²) in [6.07, 6.45) is 2.34. The maximum absolute atomic E-state index is 13.6. The number of amides is 2. The van der Waals surface area contributed by atoms with E-state index in [2.05, 4.69) is 22.4 Å². The number of ether oxygens (including phenoxy) is 1. The molecule has 4 aromatic rings. The van der Waals surface area contributed by atoms with Crippen LogP contribution in [0.5, 0.6) is 5.75 Å². The molecule has 0 saturated carbocycles. The van der Waals surface area contributed by atoms with Crippen LogP contribution in [0, 0.1) is 0 Å². The lowest BCUT2D eigenvalue weighted by Crippen LogP contribution is -2.49. The van der Waals surface area contributed by atoms with E-state index in [-0.39, 0.29) is 18.2 Å². The molecule has 0 radical (unpaired) electrons. The molecular formula is C29H29N3O3. The fourth-order valence-corrected chi connectivity index (χ4v) is 4.86. The first-order valence-electron chi connectivity index (χ1n) is 11.9. The van der Waals surface area contributed by atoms with Gasteiger partial charge in [0.1, 0.15) is 11.8 Å². The smallest absolute Gasteiger partial charge is 0.249 e. The molecule has 0 unspecified atom stereocenters. The van der Waals surface area contributed by atoms with Crippen molar-refractivity contribution in [3.05, 3.63) is 95.2 Å². The number of aromatic nitrogens is 1. The second-order valence-electron chi connectivity index (χ2n) is 9.04. The van der Waals surface area contributed by atoms with Crippen molar-refractivity contribution >= 4 is 28.4 Å². The minimum Gasteiger partial charge on any atom is -0.497 e. The van der Waals surface area contributed by atoms with E-state index in [1.807, 2.05) is 60.7 Å². The Labute approximate surface area is 204 Å². The van der Waals surface area contributed by atoms with E-state index in [0.717, 1.165) is 52.0 Å². The van der Waals surface area contributed by atoms with Gasteiger partial charge in [0, 0.05) is 35.8 Å². The van der Waals surface area contributed by atoms with Gasteiger partial charge in [-0.1, -0.05) is 42.5 Å². The summed E-state index contributed by atoms with van der Waals surface area (Å²) in [5.74, 6) is 0.402. The van der Waals surface area contributed by atoms with Crippen LogP contribution in [0.1, 0.15) is 22.4 Å². The molecule has 2 amide bonds. The minimum atomic E-state index is -0.682. The number of nitrogens with zero attached hydrogens (tertiary/aromatic N) is 1. The second-order valence-corrected chi connectivity index (χ2v) is 9.04. The number of para-hydroxylation sites is 1. The molecule has 178 valence electrons. The molecule has 0 spiro atoms. The number of rotatable bonds is 3. The fourth-order valence-electron chi connectivity index (χ4n) is 4.86. The van der Waals surface area contributed by atoms with Crippen LogP contribution in [-0.4, -0.2) is 37.0 Å². The third-order valence-corrected chi connectivity index (χ3v) is 6.76. The number of H-pyrrole nitrogens is 1.